The van der Waals surface area contributed by atoms with Crippen molar-refractivity contribution in [3.63, 3.8) is 0 Å². The third-order valence-corrected chi connectivity index (χ3v) is 23.2. The lowest BCUT2D eigenvalue weighted by atomic mass is 9.90. The zero-order valence-corrected chi connectivity index (χ0v) is 45.3. The number of hydrogen-bond acceptors (Lipinski definition) is 6. The van der Waals surface area contributed by atoms with Gasteiger partial charge in [-0.1, -0.05) is 93.9 Å². The number of rotatable bonds is 15. The summed E-state index contributed by atoms with van der Waals surface area (Å²) in [7, 11) is -2.45. The molecule has 0 saturated heterocycles. The number of aryl methyl sites for hydroxylation is 1. The van der Waals surface area contributed by atoms with Gasteiger partial charge in [0.1, 0.15) is 0 Å². The lowest BCUT2D eigenvalue weighted by Crippen LogP contribution is -2.49. The Morgan fingerprint density at radius 1 is 0.455 bits per heavy atom. The van der Waals surface area contributed by atoms with Gasteiger partial charge in [0, 0.05) is 82.4 Å². The fourth-order valence-corrected chi connectivity index (χ4v) is 19.9. The van der Waals surface area contributed by atoms with Gasteiger partial charge in [0.25, 0.3) is 0 Å². The van der Waals surface area contributed by atoms with E-state index < -0.39 is 45.1 Å². The second kappa shape index (κ2) is 18.7. The molecule has 0 bridgehead atoms. The van der Waals surface area contributed by atoms with Crippen LogP contribution in [0, 0.1) is 20.8 Å². The van der Waals surface area contributed by atoms with Crippen LogP contribution in [-0.2, 0) is 0 Å². The van der Waals surface area contributed by atoms with Gasteiger partial charge >= 0.3 is 17.8 Å². The van der Waals surface area contributed by atoms with Crippen molar-refractivity contribution >= 4 is 96.2 Å². The largest absolute Gasteiger partial charge is 0.380 e. The molecule has 0 radical (unpaired) electrons. The summed E-state index contributed by atoms with van der Waals surface area (Å²) in [5.74, 6) is -14.1. The molecule has 0 atom stereocenters. The molecule has 0 N–H and O–H groups in total. The highest BCUT2D eigenvalue weighted by Gasteiger charge is 2.80. The Hall–Kier alpha value is -3.09. The Labute approximate surface area is 411 Å². The minimum atomic E-state index is -5.70. The average Bonchev–Trinajstić information content (AvgIpc) is 4.07. The average molecular weight is 1040 g/mol. The summed E-state index contributed by atoms with van der Waals surface area (Å²) in [5.41, 5.74) is 0.0783. The maximum atomic E-state index is 17.0. The molecule has 66 heavy (non-hydrogen) atoms. The van der Waals surface area contributed by atoms with Crippen LogP contribution in [-0.4, -0.2) is 45.4 Å². The van der Waals surface area contributed by atoms with Crippen molar-refractivity contribution in [1.29, 1.82) is 0 Å². The van der Waals surface area contributed by atoms with Crippen LogP contribution in [0.5, 0.6) is 0 Å². The highest BCUT2D eigenvalue weighted by molar-refractivity contribution is 7.99. The predicted molar refractivity (Wildman–Crippen MR) is 285 cm³/mol. The summed E-state index contributed by atoms with van der Waals surface area (Å²) in [6.45, 7) is 18.9. The molecule has 0 spiro atoms. The van der Waals surface area contributed by atoms with Crippen LogP contribution in [0.25, 0.3) is 62.0 Å². The van der Waals surface area contributed by atoms with Crippen molar-refractivity contribution in [1.82, 2.24) is 0 Å². The van der Waals surface area contributed by atoms with Crippen molar-refractivity contribution < 1.29 is 26.3 Å². The van der Waals surface area contributed by atoms with E-state index in [1.807, 2.05) is 66.4 Å². The van der Waals surface area contributed by atoms with Crippen molar-refractivity contribution in [2.45, 2.75) is 99.7 Å². The molecule has 14 heteroatoms. The van der Waals surface area contributed by atoms with E-state index in [-0.39, 0.29) is 32.0 Å². The normalized spacial score (nSPS) is 15.9. The lowest BCUT2D eigenvalue weighted by molar-refractivity contribution is -0.254. The van der Waals surface area contributed by atoms with E-state index in [2.05, 4.69) is 63.5 Å². The van der Waals surface area contributed by atoms with E-state index in [1.165, 1.54) is 46.1 Å². The first-order valence-electron chi connectivity index (χ1n) is 21.8. The summed E-state index contributed by atoms with van der Waals surface area (Å²) in [6, 6.07) is 35.5. The number of halogens is 6. The number of allylic oxidation sites excluding steroid dienone is 2. The summed E-state index contributed by atoms with van der Waals surface area (Å²) >= 11 is 8.81. The summed E-state index contributed by atoms with van der Waals surface area (Å²) in [5, 5.41) is 0. The molecule has 1 aliphatic carbocycles. The zero-order valence-electron chi connectivity index (χ0n) is 38.4. The predicted octanol–water partition coefficient (Wildman–Crippen LogP) is 19.9. The Kier molecular flexibility index (Phi) is 14.0. The molecule has 4 heterocycles. The van der Waals surface area contributed by atoms with Crippen LogP contribution in [0.1, 0.15) is 27.1 Å². The Balaban J connectivity index is 1.30. The first-order chi connectivity index (χ1) is 31.0. The van der Waals surface area contributed by atoms with E-state index in [0.717, 1.165) is 58.4 Å². The van der Waals surface area contributed by atoms with E-state index in [0.29, 0.717) is 20.2 Å². The molecule has 0 saturated carbocycles. The molecule has 7 aromatic rings. The molecule has 3 aromatic carbocycles. The third-order valence-electron chi connectivity index (χ3n) is 11.8. The number of thiophene rings is 4. The molecule has 4 aromatic heterocycles. The lowest BCUT2D eigenvalue weighted by Gasteiger charge is -2.26. The molecule has 0 amide bonds. The molecule has 0 unspecified atom stereocenters. The van der Waals surface area contributed by atoms with Gasteiger partial charge in [-0.3, -0.25) is 0 Å². The molecule has 346 valence electrons. The molecular formula is C52H52F6S6Si2. The van der Waals surface area contributed by atoms with Gasteiger partial charge in [0.2, 0.25) is 0 Å². The quantitative estimate of drug-likeness (QED) is 0.0570. The maximum Gasteiger partial charge on any atom is 0.380 e. The zero-order chi connectivity index (χ0) is 47.6. The van der Waals surface area contributed by atoms with E-state index >= 15 is 26.3 Å². The van der Waals surface area contributed by atoms with Gasteiger partial charge in [-0.15, -0.1) is 68.9 Å². The van der Waals surface area contributed by atoms with Gasteiger partial charge in [-0.05, 0) is 121 Å². The highest BCUT2D eigenvalue weighted by atomic mass is 32.2. The molecule has 0 fully saturated rings. The highest BCUT2D eigenvalue weighted by Crippen LogP contribution is 2.68. The van der Waals surface area contributed by atoms with Crippen LogP contribution in [0.4, 0.5) is 26.3 Å². The van der Waals surface area contributed by atoms with E-state index in [1.54, 1.807) is 56.8 Å². The number of alkyl halides is 6. The first-order valence-corrected chi connectivity index (χ1v) is 34.5. The monoisotopic (exact) mass is 1040 g/mol. The maximum absolute atomic E-state index is 17.0. The smallest absolute Gasteiger partial charge is 0.194 e. The van der Waals surface area contributed by atoms with Gasteiger partial charge in [0.15, 0.2) is 0 Å². The topological polar surface area (TPSA) is 0 Å². The van der Waals surface area contributed by atoms with Crippen molar-refractivity contribution in [2.24, 2.45) is 0 Å². The molecule has 0 nitrogen and oxygen atoms in total. The van der Waals surface area contributed by atoms with Crippen LogP contribution in [0.15, 0.2) is 113 Å². The van der Waals surface area contributed by atoms with Crippen LogP contribution >= 0.6 is 68.9 Å². The van der Waals surface area contributed by atoms with E-state index in [4.69, 9.17) is 0 Å². The summed E-state index contributed by atoms with van der Waals surface area (Å²) in [6.07, 6.45) is 0. The molecule has 0 aliphatic heterocycles. The molecule has 8 rings (SSSR count). The van der Waals surface area contributed by atoms with E-state index in [9.17, 15) is 0 Å². The Morgan fingerprint density at radius 2 is 0.894 bits per heavy atom. The van der Waals surface area contributed by atoms with Crippen LogP contribution in [0.2, 0.25) is 51.4 Å². The summed E-state index contributed by atoms with van der Waals surface area (Å²) in [4.78, 5) is 7.05. The molecule has 1 aliphatic rings. The second-order valence-corrected chi connectivity index (χ2v) is 37.3. The Bertz CT molecular complexity index is 2920. The number of benzene rings is 3. The van der Waals surface area contributed by atoms with Crippen molar-refractivity contribution in [2.75, 3.05) is 11.5 Å². The van der Waals surface area contributed by atoms with Crippen molar-refractivity contribution in [3.05, 3.63) is 130 Å². The van der Waals surface area contributed by atoms with Gasteiger partial charge in [0.05, 0.1) is 4.88 Å². The fraction of sp³-hybridized carbons (Fsp3) is 0.308. The first kappa shape index (κ1) is 49.3. The van der Waals surface area contributed by atoms with Gasteiger partial charge < -0.3 is 0 Å². The van der Waals surface area contributed by atoms with Gasteiger partial charge in [-0.2, -0.15) is 26.3 Å². The minimum Gasteiger partial charge on any atom is -0.194 e. The van der Waals surface area contributed by atoms with Crippen LogP contribution < -0.4 is 0 Å². The number of thioether (sulfide) groups is 2. The van der Waals surface area contributed by atoms with Crippen molar-refractivity contribution in [3.8, 4) is 50.8 Å². The Morgan fingerprint density at radius 3 is 1.39 bits per heavy atom. The minimum absolute atomic E-state index is 0.245. The van der Waals surface area contributed by atoms with Gasteiger partial charge in [-0.25, -0.2) is 0 Å². The van der Waals surface area contributed by atoms with Crippen LogP contribution in [0.3, 0.4) is 0 Å². The second-order valence-electron chi connectivity index (χ2n) is 19.3. The SMILES string of the molecule is Cc1sc(-c2ccccc2)c(C)c1C1=C(c2c(-c3ccc(-c4cccc(SCC[Si](C)(C)C)c4)s3)sc(-c3ccc(-c4cccc(SCC[Si](C)(C)C)c4)s3)c2C)C(F)(F)C(F)(F)C1(F)F. The standard InChI is InChI=1S/C52H52F6S6Si2/c1-31-43(33(3)61-47(31)34-15-11-10-12-16-34)45-46(51(55,56)52(57,58)50(45,53)54)44-32(2)48(41-23-21-39(62-41)35-17-13-19-37(29-35)59-25-27-65(4,5)6)64-49(44)42-24-22-40(63-42)36-18-14-20-38(30-36)60-26-28-66(7,8)9/h10-24,29-30H,25-28H2,1-9H3. The fourth-order valence-electron chi connectivity index (χ4n) is 8.16. The third kappa shape index (κ3) is 9.60. The molecular weight excluding hydrogens is 987 g/mol. The summed E-state index contributed by atoms with van der Waals surface area (Å²) < 4.78 is 100.0. The number of hydrogen-bond donors (Lipinski definition) is 0.